The van der Waals surface area contributed by atoms with E-state index in [-0.39, 0.29) is 17.4 Å². The van der Waals surface area contributed by atoms with Crippen LogP contribution in [0.5, 0.6) is 0 Å². The number of likely N-dealkylation sites (N-methyl/N-ethyl adjacent to an activating group) is 1. The van der Waals surface area contributed by atoms with Crippen LogP contribution in [0.1, 0.15) is 57.8 Å². The Balaban J connectivity index is 1.51. The summed E-state index contributed by atoms with van der Waals surface area (Å²) in [6.07, 6.45) is 8.65. The topological polar surface area (TPSA) is 90.3 Å². The van der Waals surface area contributed by atoms with Gasteiger partial charge in [0.05, 0.1) is 17.7 Å². The van der Waals surface area contributed by atoms with Crippen molar-refractivity contribution < 1.29 is 9.90 Å². The highest BCUT2D eigenvalue weighted by atomic mass is 16.3. The lowest BCUT2D eigenvalue weighted by molar-refractivity contribution is -0.177. The van der Waals surface area contributed by atoms with E-state index in [9.17, 15) is 15.2 Å². The Morgan fingerprint density at radius 1 is 1.33 bits per heavy atom. The average molecular weight is 331 g/mol. The highest BCUT2D eigenvalue weighted by molar-refractivity contribution is 5.83. The molecule has 5 saturated carbocycles. The van der Waals surface area contributed by atoms with Crippen molar-refractivity contribution in [2.24, 2.45) is 28.9 Å². The molecule has 0 aromatic heterocycles. The fourth-order valence-corrected chi connectivity index (χ4v) is 6.25. The predicted molar refractivity (Wildman–Crippen MR) is 89.6 cm³/mol. The third-order valence-electron chi connectivity index (χ3n) is 7.22. The first-order valence-corrected chi connectivity index (χ1v) is 9.48. The van der Waals surface area contributed by atoms with Crippen LogP contribution < -0.4 is 5.73 Å². The number of carbonyl (C=O) groups is 1. The molecule has 5 rings (SSSR count). The van der Waals surface area contributed by atoms with E-state index in [0.717, 1.165) is 32.1 Å². The predicted octanol–water partition coefficient (Wildman–Crippen LogP) is 1.80. The zero-order valence-electron chi connectivity index (χ0n) is 14.6. The molecule has 3 N–H and O–H groups in total. The Kier molecular flexibility index (Phi) is 3.71. The fourth-order valence-electron chi connectivity index (χ4n) is 6.25. The van der Waals surface area contributed by atoms with E-state index in [2.05, 4.69) is 6.07 Å². The summed E-state index contributed by atoms with van der Waals surface area (Å²) in [6.45, 7) is 0. The largest absolute Gasteiger partial charge is 0.390 e. The first-order valence-electron chi connectivity index (χ1n) is 9.48. The number of nitrogens with two attached hydrogens (primary N) is 1. The van der Waals surface area contributed by atoms with Crippen molar-refractivity contribution in [3.05, 3.63) is 0 Å². The Morgan fingerprint density at radius 3 is 2.46 bits per heavy atom. The van der Waals surface area contributed by atoms with Gasteiger partial charge in [-0.25, -0.2) is 0 Å². The molecule has 132 valence electrons. The number of carbonyl (C=O) groups excluding carboxylic acids is 1. The van der Waals surface area contributed by atoms with Gasteiger partial charge in [-0.15, -0.1) is 0 Å². The van der Waals surface area contributed by atoms with Crippen LogP contribution in [0.2, 0.25) is 0 Å². The first kappa shape index (κ1) is 16.4. The summed E-state index contributed by atoms with van der Waals surface area (Å²) in [7, 11) is 1.73. The van der Waals surface area contributed by atoms with E-state index >= 15 is 0 Å². The van der Waals surface area contributed by atoms with Crippen molar-refractivity contribution in [3.8, 4) is 6.07 Å². The van der Waals surface area contributed by atoms with Gasteiger partial charge in [0.25, 0.3) is 0 Å². The molecule has 0 spiro atoms. The Labute approximate surface area is 144 Å². The maximum atomic E-state index is 13.0. The van der Waals surface area contributed by atoms with E-state index in [1.165, 1.54) is 19.3 Å². The minimum absolute atomic E-state index is 0.104. The Hall–Kier alpha value is -1.12. The second kappa shape index (κ2) is 5.44. The number of rotatable bonds is 5. The molecule has 0 radical (unpaired) electrons. The summed E-state index contributed by atoms with van der Waals surface area (Å²) < 4.78 is 0. The molecular formula is C19H29N3O2. The molecule has 5 aliphatic rings. The van der Waals surface area contributed by atoms with E-state index in [0.29, 0.717) is 24.2 Å². The summed E-state index contributed by atoms with van der Waals surface area (Å²) in [5.74, 6) is 1.52. The van der Waals surface area contributed by atoms with Gasteiger partial charge < -0.3 is 15.7 Å². The van der Waals surface area contributed by atoms with Crippen LogP contribution >= 0.6 is 0 Å². The number of hydrogen-bond acceptors (Lipinski definition) is 4. The second-order valence-corrected chi connectivity index (χ2v) is 9.30. The summed E-state index contributed by atoms with van der Waals surface area (Å²) in [6, 6.07) is 1.33. The SMILES string of the molecule is CN(C(=O)[C@@H](N)C12CC3CC(CC(O)(C3)C1)C2)[C@H](C#N)CC1CC1. The van der Waals surface area contributed by atoms with E-state index < -0.39 is 11.6 Å². The Morgan fingerprint density at radius 2 is 1.96 bits per heavy atom. The van der Waals surface area contributed by atoms with Crippen LogP contribution in [0, 0.1) is 34.5 Å². The molecule has 0 heterocycles. The molecule has 0 aliphatic heterocycles. The lowest BCUT2D eigenvalue weighted by Gasteiger charge is -2.61. The van der Waals surface area contributed by atoms with Gasteiger partial charge in [-0.05, 0) is 68.1 Å². The minimum atomic E-state index is -0.608. The second-order valence-electron chi connectivity index (χ2n) is 9.30. The van der Waals surface area contributed by atoms with Crippen LogP contribution in [0.25, 0.3) is 0 Å². The van der Waals surface area contributed by atoms with Crippen LogP contribution in [0.15, 0.2) is 0 Å². The minimum Gasteiger partial charge on any atom is -0.390 e. The van der Waals surface area contributed by atoms with Crippen molar-refractivity contribution in [1.29, 1.82) is 5.26 Å². The van der Waals surface area contributed by atoms with Gasteiger partial charge in [0, 0.05) is 7.05 Å². The van der Waals surface area contributed by atoms with E-state index in [1.807, 2.05) is 0 Å². The summed E-state index contributed by atoms with van der Waals surface area (Å²) >= 11 is 0. The molecule has 5 nitrogen and oxygen atoms in total. The zero-order valence-corrected chi connectivity index (χ0v) is 14.6. The number of hydrogen-bond donors (Lipinski definition) is 2. The molecule has 4 atom stereocenters. The van der Waals surface area contributed by atoms with Gasteiger partial charge >= 0.3 is 0 Å². The first-order chi connectivity index (χ1) is 11.3. The molecule has 1 amide bonds. The molecule has 5 fully saturated rings. The lowest BCUT2D eigenvalue weighted by Crippen LogP contribution is -2.64. The number of aliphatic hydroxyl groups is 1. The van der Waals surface area contributed by atoms with Gasteiger partial charge in [-0.3, -0.25) is 4.79 Å². The van der Waals surface area contributed by atoms with Crippen LogP contribution in [0.3, 0.4) is 0 Å². The maximum absolute atomic E-state index is 13.0. The molecule has 4 bridgehead atoms. The standard InChI is InChI=1S/C19H29N3O2/c1-22(15(10-20)5-12-2-3-12)17(23)16(21)18-6-13-4-14(7-18)9-19(24,8-13)11-18/h12-16,24H,2-9,11,21H2,1H3/t13?,14?,15-,16+,18?,19?/m0/s1. The van der Waals surface area contributed by atoms with Crippen molar-refractivity contribution in [1.82, 2.24) is 4.90 Å². The van der Waals surface area contributed by atoms with Crippen LogP contribution in [-0.4, -0.2) is 40.6 Å². The van der Waals surface area contributed by atoms with Gasteiger partial charge in [0.1, 0.15) is 6.04 Å². The number of nitriles is 1. The third-order valence-corrected chi connectivity index (χ3v) is 7.22. The summed E-state index contributed by atoms with van der Waals surface area (Å²) in [5.41, 5.74) is 5.64. The van der Waals surface area contributed by atoms with E-state index in [1.54, 1.807) is 11.9 Å². The number of nitrogens with zero attached hydrogens (tertiary/aromatic N) is 2. The van der Waals surface area contributed by atoms with Crippen molar-refractivity contribution in [2.45, 2.75) is 75.5 Å². The maximum Gasteiger partial charge on any atom is 0.240 e. The van der Waals surface area contributed by atoms with Crippen LogP contribution in [0.4, 0.5) is 0 Å². The highest BCUT2D eigenvalue weighted by Crippen LogP contribution is 2.62. The molecule has 0 aromatic carbocycles. The highest BCUT2D eigenvalue weighted by Gasteiger charge is 2.60. The van der Waals surface area contributed by atoms with Gasteiger partial charge in [0.2, 0.25) is 5.91 Å². The molecule has 2 unspecified atom stereocenters. The molecule has 5 aliphatic carbocycles. The quantitative estimate of drug-likeness (QED) is 0.803. The van der Waals surface area contributed by atoms with Gasteiger partial charge in [-0.1, -0.05) is 12.8 Å². The molecule has 0 saturated heterocycles. The molecule has 0 aromatic rings. The Bertz CT molecular complexity index is 566. The number of amides is 1. The summed E-state index contributed by atoms with van der Waals surface area (Å²) in [4.78, 5) is 14.6. The molecule has 5 heteroatoms. The van der Waals surface area contributed by atoms with Gasteiger partial charge in [0.15, 0.2) is 0 Å². The van der Waals surface area contributed by atoms with Crippen molar-refractivity contribution >= 4 is 5.91 Å². The third kappa shape index (κ3) is 2.64. The average Bonchev–Trinajstić information content (AvgIpc) is 3.32. The van der Waals surface area contributed by atoms with E-state index in [4.69, 9.17) is 5.73 Å². The fraction of sp³-hybridized carbons (Fsp3) is 0.895. The smallest absolute Gasteiger partial charge is 0.240 e. The monoisotopic (exact) mass is 331 g/mol. The lowest BCUT2D eigenvalue weighted by atomic mass is 9.46. The zero-order chi connectivity index (χ0) is 17.1. The summed E-state index contributed by atoms with van der Waals surface area (Å²) in [5, 5.41) is 20.3. The van der Waals surface area contributed by atoms with Crippen LogP contribution in [-0.2, 0) is 4.79 Å². The van der Waals surface area contributed by atoms with Crippen molar-refractivity contribution in [3.63, 3.8) is 0 Å². The van der Waals surface area contributed by atoms with Gasteiger partial charge in [-0.2, -0.15) is 5.26 Å². The molecular weight excluding hydrogens is 302 g/mol. The molecule has 24 heavy (non-hydrogen) atoms. The normalized spacial score (nSPS) is 42.4. The van der Waals surface area contributed by atoms with Crippen molar-refractivity contribution in [2.75, 3.05) is 7.05 Å².